The van der Waals surface area contributed by atoms with Crippen molar-refractivity contribution in [1.29, 1.82) is 0 Å². The average Bonchev–Trinajstić information content (AvgIpc) is 3.00. The normalized spacial score (nSPS) is 21.8. The SMILES string of the molecule is CN=C(NCc1nc(C(C)(C)C)cs1)NC1CCS(=O)(=O)C1. The van der Waals surface area contributed by atoms with Crippen molar-refractivity contribution in [3.8, 4) is 0 Å². The summed E-state index contributed by atoms with van der Waals surface area (Å²) in [5.41, 5.74) is 1.13. The summed E-state index contributed by atoms with van der Waals surface area (Å²) in [4.78, 5) is 8.77. The Kier molecular flexibility index (Phi) is 5.11. The van der Waals surface area contributed by atoms with Crippen molar-refractivity contribution in [3.63, 3.8) is 0 Å². The molecule has 8 heteroatoms. The number of thiazole rings is 1. The van der Waals surface area contributed by atoms with Gasteiger partial charge in [0.25, 0.3) is 0 Å². The maximum atomic E-state index is 11.5. The van der Waals surface area contributed by atoms with Crippen LogP contribution in [0.15, 0.2) is 10.4 Å². The Morgan fingerprint density at radius 3 is 2.73 bits per heavy atom. The zero-order valence-corrected chi connectivity index (χ0v) is 15.1. The number of nitrogens with zero attached hydrogens (tertiary/aromatic N) is 2. The van der Waals surface area contributed by atoms with Gasteiger partial charge in [0.15, 0.2) is 15.8 Å². The second kappa shape index (κ2) is 6.54. The van der Waals surface area contributed by atoms with E-state index in [1.165, 1.54) is 0 Å². The van der Waals surface area contributed by atoms with Crippen LogP contribution in [0.4, 0.5) is 0 Å². The Bertz CT molecular complexity index is 644. The molecule has 0 aromatic carbocycles. The number of rotatable bonds is 3. The predicted molar refractivity (Wildman–Crippen MR) is 91.2 cm³/mol. The highest BCUT2D eigenvalue weighted by Gasteiger charge is 2.28. The van der Waals surface area contributed by atoms with Crippen LogP contribution in [-0.2, 0) is 21.8 Å². The van der Waals surface area contributed by atoms with Gasteiger partial charge in [0, 0.05) is 23.9 Å². The molecular weight excluding hydrogens is 320 g/mol. The largest absolute Gasteiger partial charge is 0.353 e. The molecule has 2 heterocycles. The first-order valence-corrected chi connectivity index (χ1v) is 10.0. The van der Waals surface area contributed by atoms with Gasteiger partial charge in [-0.15, -0.1) is 11.3 Å². The summed E-state index contributed by atoms with van der Waals surface area (Å²) in [7, 11) is -1.20. The van der Waals surface area contributed by atoms with E-state index in [0.29, 0.717) is 18.9 Å². The van der Waals surface area contributed by atoms with Crippen molar-refractivity contribution in [1.82, 2.24) is 15.6 Å². The molecule has 1 aromatic heterocycles. The highest BCUT2D eigenvalue weighted by molar-refractivity contribution is 7.91. The number of guanidine groups is 1. The monoisotopic (exact) mass is 344 g/mol. The summed E-state index contributed by atoms with van der Waals surface area (Å²) in [5.74, 6) is 1.05. The number of sulfone groups is 1. The first-order valence-electron chi connectivity index (χ1n) is 7.32. The maximum absolute atomic E-state index is 11.5. The molecule has 1 aliphatic heterocycles. The van der Waals surface area contributed by atoms with Crippen LogP contribution in [0.2, 0.25) is 0 Å². The molecule has 0 aliphatic carbocycles. The lowest BCUT2D eigenvalue weighted by molar-refractivity contribution is 0.570. The maximum Gasteiger partial charge on any atom is 0.191 e. The van der Waals surface area contributed by atoms with Crippen molar-refractivity contribution in [3.05, 3.63) is 16.1 Å². The molecule has 6 nitrogen and oxygen atoms in total. The Balaban J connectivity index is 1.88. The van der Waals surface area contributed by atoms with Gasteiger partial charge in [-0.1, -0.05) is 20.8 Å². The fourth-order valence-corrected chi connectivity index (χ4v) is 4.83. The predicted octanol–water partition coefficient (Wildman–Crippen LogP) is 1.29. The summed E-state index contributed by atoms with van der Waals surface area (Å²) in [6, 6.07) is -0.0577. The van der Waals surface area contributed by atoms with Crippen molar-refractivity contribution < 1.29 is 8.42 Å². The van der Waals surface area contributed by atoms with E-state index >= 15 is 0 Å². The summed E-state index contributed by atoms with van der Waals surface area (Å²) < 4.78 is 23.0. The van der Waals surface area contributed by atoms with Gasteiger partial charge in [-0.25, -0.2) is 13.4 Å². The molecule has 2 rings (SSSR count). The molecule has 0 radical (unpaired) electrons. The second-order valence-corrected chi connectivity index (χ2v) is 9.72. The zero-order valence-electron chi connectivity index (χ0n) is 13.5. The Labute approximate surface area is 136 Å². The van der Waals surface area contributed by atoms with Crippen molar-refractivity contribution >= 4 is 27.1 Å². The number of aliphatic imine (C=N–C) groups is 1. The van der Waals surface area contributed by atoms with Crippen molar-refractivity contribution in [2.24, 2.45) is 4.99 Å². The molecule has 22 heavy (non-hydrogen) atoms. The summed E-state index contributed by atoms with van der Waals surface area (Å²) in [6.07, 6.45) is 0.633. The number of aromatic nitrogens is 1. The molecule has 0 amide bonds. The Hall–Kier alpha value is -1.15. The van der Waals surface area contributed by atoms with E-state index in [-0.39, 0.29) is 23.0 Å². The molecule has 1 aromatic rings. The van der Waals surface area contributed by atoms with Gasteiger partial charge in [-0.2, -0.15) is 0 Å². The molecule has 124 valence electrons. The third kappa shape index (κ3) is 4.67. The van der Waals surface area contributed by atoms with Crippen LogP contribution in [0.5, 0.6) is 0 Å². The van der Waals surface area contributed by atoms with Gasteiger partial charge in [0.05, 0.1) is 23.7 Å². The standard InChI is InChI=1S/C14H24N4O2S2/c1-14(2,3)11-8-21-12(18-11)7-16-13(15-4)17-10-5-6-22(19,20)9-10/h8,10H,5-7,9H2,1-4H3,(H2,15,16,17). The van der Waals surface area contributed by atoms with Gasteiger partial charge < -0.3 is 10.6 Å². The highest BCUT2D eigenvalue weighted by atomic mass is 32.2. The molecule has 1 aliphatic rings. The van der Waals surface area contributed by atoms with Crippen LogP contribution in [0.1, 0.15) is 37.9 Å². The molecule has 0 spiro atoms. The minimum Gasteiger partial charge on any atom is -0.353 e. The van der Waals surface area contributed by atoms with E-state index in [4.69, 9.17) is 0 Å². The van der Waals surface area contributed by atoms with Crippen LogP contribution in [0.3, 0.4) is 0 Å². The minimum absolute atomic E-state index is 0.0485. The molecular formula is C14H24N4O2S2. The smallest absolute Gasteiger partial charge is 0.191 e. The molecule has 1 fully saturated rings. The van der Waals surface area contributed by atoms with Gasteiger partial charge in [-0.05, 0) is 6.42 Å². The second-order valence-electron chi connectivity index (χ2n) is 6.55. The Morgan fingerprint density at radius 2 is 2.23 bits per heavy atom. The van der Waals surface area contributed by atoms with Crippen LogP contribution >= 0.6 is 11.3 Å². The quantitative estimate of drug-likeness (QED) is 0.638. The molecule has 0 saturated carbocycles. The number of hydrogen-bond acceptors (Lipinski definition) is 5. The van der Waals surface area contributed by atoms with Crippen LogP contribution in [-0.4, -0.2) is 44.0 Å². The number of nitrogens with one attached hydrogen (secondary N) is 2. The van der Waals surface area contributed by atoms with E-state index in [0.717, 1.165) is 10.7 Å². The lowest BCUT2D eigenvalue weighted by atomic mass is 9.93. The zero-order chi connectivity index (χ0) is 16.4. The highest BCUT2D eigenvalue weighted by Crippen LogP contribution is 2.23. The fraction of sp³-hybridized carbons (Fsp3) is 0.714. The van der Waals surface area contributed by atoms with Gasteiger partial charge in [0.1, 0.15) is 5.01 Å². The van der Waals surface area contributed by atoms with Crippen molar-refractivity contribution in [2.45, 2.75) is 45.2 Å². The van der Waals surface area contributed by atoms with Gasteiger partial charge >= 0.3 is 0 Å². The molecule has 1 atom stereocenters. The third-order valence-corrected chi connectivity index (χ3v) is 6.14. The molecule has 1 saturated heterocycles. The fourth-order valence-electron chi connectivity index (χ4n) is 2.19. The van der Waals surface area contributed by atoms with Crippen molar-refractivity contribution in [2.75, 3.05) is 18.6 Å². The summed E-state index contributed by atoms with van der Waals surface area (Å²) in [5, 5.41) is 9.43. The first kappa shape index (κ1) is 17.2. The van der Waals surface area contributed by atoms with Gasteiger partial charge in [-0.3, -0.25) is 4.99 Å². The molecule has 0 bridgehead atoms. The average molecular weight is 345 g/mol. The van der Waals surface area contributed by atoms with E-state index in [1.54, 1.807) is 18.4 Å². The van der Waals surface area contributed by atoms with Crippen LogP contribution < -0.4 is 10.6 Å². The Morgan fingerprint density at radius 1 is 1.50 bits per heavy atom. The van der Waals surface area contributed by atoms with E-state index in [9.17, 15) is 8.42 Å². The van der Waals surface area contributed by atoms with E-state index in [1.807, 2.05) is 0 Å². The third-order valence-electron chi connectivity index (χ3n) is 3.52. The van der Waals surface area contributed by atoms with Gasteiger partial charge in [0.2, 0.25) is 0 Å². The molecule has 2 N–H and O–H groups in total. The summed E-state index contributed by atoms with van der Waals surface area (Å²) in [6.45, 7) is 7.00. The van der Waals surface area contributed by atoms with E-state index in [2.05, 4.69) is 46.8 Å². The number of hydrogen-bond donors (Lipinski definition) is 2. The minimum atomic E-state index is -2.89. The van der Waals surface area contributed by atoms with Crippen LogP contribution in [0.25, 0.3) is 0 Å². The van der Waals surface area contributed by atoms with E-state index < -0.39 is 9.84 Å². The topological polar surface area (TPSA) is 83.4 Å². The van der Waals surface area contributed by atoms with Crippen LogP contribution in [0, 0.1) is 0 Å². The lowest BCUT2D eigenvalue weighted by Gasteiger charge is -2.16. The molecule has 1 unspecified atom stereocenters. The lowest BCUT2D eigenvalue weighted by Crippen LogP contribution is -2.43. The first-order chi connectivity index (χ1) is 10.2. The summed E-state index contributed by atoms with van der Waals surface area (Å²) >= 11 is 1.62.